The van der Waals surface area contributed by atoms with Crippen molar-refractivity contribution < 1.29 is 4.42 Å². The number of nitrogens with one attached hydrogen (secondary N) is 1. The van der Waals surface area contributed by atoms with Gasteiger partial charge in [0.25, 0.3) is 0 Å². The number of hydrogen-bond acceptors (Lipinski definition) is 2. The van der Waals surface area contributed by atoms with Gasteiger partial charge in [0.15, 0.2) is 11.6 Å². The monoisotopic (exact) mass is 276 g/mol. The number of rotatable bonds is 1. The number of nitrogens with zero attached hydrogens (tertiary/aromatic N) is 1. The molecule has 0 fully saturated rings. The summed E-state index contributed by atoms with van der Waals surface area (Å²) in [4.78, 5) is 7.70. The van der Waals surface area contributed by atoms with E-state index in [1.807, 2.05) is 37.3 Å². The van der Waals surface area contributed by atoms with Crippen molar-refractivity contribution in [2.24, 2.45) is 0 Å². The van der Waals surface area contributed by atoms with E-state index in [4.69, 9.17) is 4.42 Å². The van der Waals surface area contributed by atoms with Crippen LogP contribution in [0.4, 0.5) is 0 Å². The summed E-state index contributed by atoms with van der Waals surface area (Å²) >= 11 is 3.43. The molecule has 0 spiro atoms. The molecule has 0 saturated carbocycles. The molecule has 0 unspecified atom stereocenters. The molecule has 0 radical (unpaired) electrons. The van der Waals surface area contributed by atoms with Gasteiger partial charge in [-0.05, 0) is 37.3 Å². The van der Waals surface area contributed by atoms with Crippen LogP contribution in [0.25, 0.3) is 22.6 Å². The first-order valence-electron chi connectivity index (χ1n) is 4.94. The zero-order valence-corrected chi connectivity index (χ0v) is 10.2. The second-order valence-corrected chi connectivity index (χ2v) is 4.57. The number of H-pyrrole nitrogens is 1. The van der Waals surface area contributed by atoms with E-state index in [1.165, 1.54) is 0 Å². The molecule has 0 aliphatic carbocycles. The van der Waals surface area contributed by atoms with Crippen molar-refractivity contribution in [3.63, 3.8) is 0 Å². The molecule has 0 aliphatic heterocycles. The van der Waals surface area contributed by atoms with Crippen LogP contribution in [0.5, 0.6) is 0 Å². The number of aryl methyl sites for hydroxylation is 1. The summed E-state index contributed by atoms with van der Waals surface area (Å²) in [6, 6.07) is 9.79. The normalized spacial score (nSPS) is 11.1. The number of halogens is 1. The summed E-state index contributed by atoms with van der Waals surface area (Å²) in [5.41, 5.74) is 1.94. The van der Waals surface area contributed by atoms with E-state index in [1.54, 1.807) is 0 Å². The Hall–Kier alpha value is -1.55. The molecule has 3 nitrogen and oxygen atoms in total. The highest BCUT2D eigenvalue weighted by molar-refractivity contribution is 9.10. The molecule has 1 aromatic carbocycles. The number of benzene rings is 1. The van der Waals surface area contributed by atoms with Crippen molar-refractivity contribution in [1.29, 1.82) is 0 Å². The van der Waals surface area contributed by atoms with Gasteiger partial charge in [0, 0.05) is 4.47 Å². The van der Waals surface area contributed by atoms with E-state index in [0.717, 1.165) is 32.9 Å². The molecular weight excluding hydrogens is 268 g/mol. The summed E-state index contributed by atoms with van der Waals surface area (Å²) < 4.78 is 6.56. The second-order valence-electron chi connectivity index (χ2n) is 3.66. The van der Waals surface area contributed by atoms with Crippen LogP contribution in [-0.2, 0) is 0 Å². The van der Waals surface area contributed by atoms with Gasteiger partial charge in [-0.3, -0.25) is 0 Å². The van der Waals surface area contributed by atoms with E-state index in [2.05, 4.69) is 25.9 Å². The Kier molecular flexibility index (Phi) is 2.11. The van der Waals surface area contributed by atoms with Crippen LogP contribution < -0.4 is 0 Å². The van der Waals surface area contributed by atoms with Gasteiger partial charge in [-0.2, -0.15) is 0 Å². The SMILES string of the molecule is Cc1ccc(-c2nc3ccc(Br)cc3[nH]2)o1. The molecule has 0 bridgehead atoms. The molecule has 1 N–H and O–H groups in total. The van der Waals surface area contributed by atoms with Gasteiger partial charge in [0.1, 0.15) is 5.76 Å². The zero-order valence-electron chi connectivity index (χ0n) is 8.62. The third-order valence-corrected chi connectivity index (χ3v) is 2.91. The summed E-state index contributed by atoms with van der Waals surface area (Å²) in [6.07, 6.45) is 0. The first-order valence-corrected chi connectivity index (χ1v) is 5.74. The lowest BCUT2D eigenvalue weighted by molar-refractivity contribution is 0.545. The average molecular weight is 277 g/mol. The van der Waals surface area contributed by atoms with Gasteiger partial charge in [0.2, 0.25) is 0 Å². The highest BCUT2D eigenvalue weighted by Crippen LogP contribution is 2.24. The number of fused-ring (bicyclic) bond motifs is 1. The Balaban J connectivity index is 2.18. The van der Waals surface area contributed by atoms with Gasteiger partial charge in [-0.1, -0.05) is 15.9 Å². The summed E-state index contributed by atoms with van der Waals surface area (Å²) in [7, 11) is 0. The fraction of sp³-hybridized carbons (Fsp3) is 0.0833. The summed E-state index contributed by atoms with van der Waals surface area (Å²) in [5, 5.41) is 0. The van der Waals surface area contributed by atoms with Crippen molar-refractivity contribution in [2.45, 2.75) is 6.92 Å². The molecule has 0 aliphatic rings. The largest absolute Gasteiger partial charge is 0.458 e. The van der Waals surface area contributed by atoms with Gasteiger partial charge >= 0.3 is 0 Å². The highest BCUT2D eigenvalue weighted by atomic mass is 79.9. The first-order chi connectivity index (χ1) is 7.72. The van der Waals surface area contributed by atoms with E-state index < -0.39 is 0 Å². The van der Waals surface area contributed by atoms with Crippen LogP contribution >= 0.6 is 15.9 Å². The van der Waals surface area contributed by atoms with Gasteiger partial charge in [-0.25, -0.2) is 4.98 Å². The first kappa shape index (κ1) is 9.66. The highest BCUT2D eigenvalue weighted by Gasteiger charge is 2.08. The lowest BCUT2D eigenvalue weighted by atomic mass is 10.3. The number of imidazole rings is 1. The van der Waals surface area contributed by atoms with Crippen LogP contribution in [0.3, 0.4) is 0 Å². The minimum atomic E-state index is 0.765. The maximum Gasteiger partial charge on any atom is 0.174 e. The Labute approximate surface area is 101 Å². The maximum atomic E-state index is 5.52. The third kappa shape index (κ3) is 1.55. The van der Waals surface area contributed by atoms with Crippen LogP contribution in [0.15, 0.2) is 39.2 Å². The molecule has 80 valence electrons. The van der Waals surface area contributed by atoms with Crippen LogP contribution in [-0.4, -0.2) is 9.97 Å². The quantitative estimate of drug-likeness (QED) is 0.733. The van der Waals surface area contributed by atoms with Gasteiger partial charge < -0.3 is 9.40 Å². The van der Waals surface area contributed by atoms with Gasteiger partial charge in [0.05, 0.1) is 11.0 Å². The Bertz CT molecular complexity index is 654. The van der Waals surface area contributed by atoms with Gasteiger partial charge in [-0.15, -0.1) is 0 Å². The lowest BCUT2D eigenvalue weighted by Crippen LogP contribution is -1.74. The van der Waals surface area contributed by atoms with Crippen molar-refractivity contribution in [3.8, 4) is 11.6 Å². The molecule has 0 saturated heterocycles. The second kappa shape index (κ2) is 3.49. The van der Waals surface area contributed by atoms with Crippen molar-refractivity contribution >= 4 is 27.0 Å². The summed E-state index contributed by atoms with van der Waals surface area (Å²) in [5.74, 6) is 2.42. The van der Waals surface area contributed by atoms with Crippen molar-refractivity contribution in [2.75, 3.05) is 0 Å². The minimum absolute atomic E-state index is 0.765. The number of aromatic amines is 1. The molecule has 2 aromatic heterocycles. The Morgan fingerprint density at radius 1 is 1.25 bits per heavy atom. The van der Waals surface area contributed by atoms with E-state index in [0.29, 0.717) is 0 Å². The smallest absolute Gasteiger partial charge is 0.174 e. The lowest BCUT2D eigenvalue weighted by Gasteiger charge is -1.88. The predicted molar refractivity (Wildman–Crippen MR) is 66.2 cm³/mol. The minimum Gasteiger partial charge on any atom is -0.458 e. The molecule has 0 amide bonds. The van der Waals surface area contributed by atoms with E-state index in [-0.39, 0.29) is 0 Å². The molecule has 16 heavy (non-hydrogen) atoms. The standard InChI is InChI=1S/C12H9BrN2O/c1-7-2-5-11(16-7)12-14-9-4-3-8(13)6-10(9)15-12/h2-6H,1H3,(H,14,15). The average Bonchev–Trinajstić information content (AvgIpc) is 2.83. The van der Waals surface area contributed by atoms with Crippen LogP contribution in [0.1, 0.15) is 5.76 Å². The Morgan fingerprint density at radius 3 is 2.88 bits per heavy atom. The molecular formula is C12H9BrN2O. The number of hydrogen-bond donors (Lipinski definition) is 1. The maximum absolute atomic E-state index is 5.52. The van der Waals surface area contributed by atoms with Crippen LogP contribution in [0, 0.1) is 6.92 Å². The third-order valence-electron chi connectivity index (χ3n) is 2.42. The van der Waals surface area contributed by atoms with E-state index >= 15 is 0 Å². The van der Waals surface area contributed by atoms with Crippen LogP contribution in [0.2, 0.25) is 0 Å². The topological polar surface area (TPSA) is 41.8 Å². The van der Waals surface area contributed by atoms with E-state index in [9.17, 15) is 0 Å². The summed E-state index contributed by atoms with van der Waals surface area (Å²) in [6.45, 7) is 1.92. The number of furan rings is 1. The van der Waals surface area contributed by atoms with Crippen molar-refractivity contribution in [3.05, 3.63) is 40.6 Å². The predicted octanol–water partition coefficient (Wildman–Crippen LogP) is 3.89. The molecule has 4 heteroatoms. The molecule has 3 aromatic rings. The van der Waals surface area contributed by atoms with Crippen molar-refractivity contribution in [1.82, 2.24) is 9.97 Å². The molecule has 0 atom stereocenters. The molecule has 3 rings (SSSR count). The molecule has 2 heterocycles. The fourth-order valence-corrected chi connectivity index (χ4v) is 2.02. The zero-order chi connectivity index (χ0) is 11.1. The Morgan fingerprint density at radius 2 is 2.12 bits per heavy atom. The fourth-order valence-electron chi connectivity index (χ4n) is 1.66. The number of aromatic nitrogens is 2.